The third-order valence-corrected chi connectivity index (χ3v) is 3.05. The number of carbonyl (C=O) groups excluding carboxylic acids is 1. The molecule has 3 nitrogen and oxygen atoms in total. The van der Waals surface area contributed by atoms with Crippen molar-refractivity contribution in [2.24, 2.45) is 0 Å². The van der Waals surface area contributed by atoms with Crippen molar-refractivity contribution in [2.75, 3.05) is 32.1 Å². The van der Waals surface area contributed by atoms with E-state index in [9.17, 15) is 4.79 Å². The van der Waals surface area contributed by atoms with Gasteiger partial charge in [0, 0.05) is 44.3 Å². The van der Waals surface area contributed by atoms with Crippen LogP contribution in [0.15, 0.2) is 28.7 Å². The van der Waals surface area contributed by atoms with Gasteiger partial charge in [0.25, 0.3) is 0 Å². The van der Waals surface area contributed by atoms with E-state index in [0.717, 1.165) is 23.2 Å². The third-order valence-electron chi connectivity index (χ3n) is 2.56. The average Bonchev–Trinajstić information content (AvgIpc) is 2.25. The summed E-state index contributed by atoms with van der Waals surface area (Å²) in [4.78, 5) is 14.9. The molecule has 0 saturated heterocycles. The number of halogens is 1. The minimum Gasteiger partial charge on any atom is -0.373 e. The van der Waals surface area contributed by atoms with Crippen molar-refractivity contribution in [2.45, 2.75) is 6.92 Å². The Kier molecular flexibility index (Phi) is 4.80. The summed E-state index contributed by atoms with van der Waals surface area (Å²) in [5.74, 6) is 0.0997. The summed E-state index contributed by atoms with van der Waals surface area (Å²) in [6, 6.07) is 8.12. The summed E-state index contributed by atoms with van der Waals surface area (Å²) in [5, 5.41) is 0. The molecule has 1 aromatic rings. The van der Waals surface area contributed by atoms with Crippen molar-refractivity contribution in [1.29, 1.82) is 0 Å². The normalized spacial score (nSPS) is 10.0. The third kappa shape index (κ3) is 3.85. The Morgan fingerprint density at radius 1 is 1.31 bits per heavy atom. The molecule has 0 heterocycles. The van der Waals surface area contributed by atoms with E-state index in [2.05, 4.69) is 33.0 Å². The number of hydrogen-bond acceptors (Lipinski definition) is 2. The van der Waals surface area contributed by atoms with Crippen LogP contribution >= 0.6 is 15.9 Å². The molecule has 0 bridgehead atoms. The van der Waals surface area contributed by atoms with Crippen LogP contribution in [-0.2, 0) is 4.79 Å². The van der Waals surface area contributed by atoms with Gasteiger partial charge in [0.2, 0.25) is 5.91 Å². The van der Waals surface area contributed by atoms with Gasteiger partial charge in [-0.25, -0.2) is 0 Å². The van der Waals surface area contributed by atoms with E-state index in [1.54, 1.807) is 11.8 Å². The van der Waals surface area contributed by atoms with Crippen LogP contribution in [0.4, 0.5) is 5.69 Å². The molecule has 0 aromatic heterocycles. The predicted octanol–water partition coefficient (Wildman–Crippen LogP) is 2.36. The lowest BCUT2D eigenvalue weighted by Crippen LogP contribution is -2.33. The molecular weight excluding hydrogens is 268 g/mol. The largest absolute Gasteiger partial charge is 0.373 e. The van der Waals surface area contributed by atoms with E-state index in [-0.39, 0.29) is 5.91 Å². The van der Waals surface area contributed by atoms with Crippen molar-refractivity contribution in [3.05, 3.63) is 28.7 Å². The molecule has 16 heavy (non-hydrogen) atoms. The molecule has 0 radical (unpaired) electrons. The first-order valence-electron chi connectivity index (χ1n) is 5.19. The summed E-state index contributed by atoms with van der Waals surface area (Å²) in [5.41, 5.74) is 1.14. The zero-order chi connectivity index (χ0) is 12.1. The van der Waals surface area contributed by atoms with Gasteiger partial charge >= 0.3 is 0 Å². The molecule has 0 aliphatic rings. The van der Waals surface area contributed by atoms with Crippen molar-refractivity contribution in [3.8, 4) is 0 Å². The quantitative estimate of drug-likeness (QED) is 0.848. The van der Waals surface area contributed by atoms with Gasteiger partial charge in [-0.3, -0.25) is 4.79 Å². The molecule has 0 fully saturated rings. The number of benzene rings is 1. The lowest BCUT2D eigenvalue weighted by Gasteiger charge is -2.23. The maximum atomic E-state index is 11.0. The maximum absolute atomic E-state index is 11.0. The highest BCUT2D eigenvalue weighted by Crippen LogP contribution is 2.18. The lowest BCUT2D eigenvalue weighted by atomic mass is 10.3. The molecule has 0 atom stereocenters. The zero-order valence-corrected chi connectivity index (χ0v) is 11.5. The molecule has 0 N–H and O–H groups in total. The molecule has 1 aromatic carbocycles. The molecule has 0 unspecified atom stereocenters. The van der Waals surface area contributed by atoms with Gasteiger partial charge in [-0.1, -0.05) is 22.0 Å². The van der Waals surface area contributed by atoms with Gasteiger partial charge < -0.3 is 9.80 Å². The molecule has 0 saturated carbocycles. The van der Waals surface area contributed by atoms with Crippen LogP contribution in [0.1, 0.15) is 6.92 Å². The van der Waals surface area contributed by atoms with Crippen molar-refractivity contribution in [1.82, 2.24) is 4.90 Å². The fraction of sp³-hybridized carbons (Fsp3) is 0.417. The molecule has 0 aliphatic heterocycles. The molecule has 1 rings (SSSR count). The van der Waals surface area contributed by atoms with E-state index in [4.69, 9.17) is 0 Å². The van der Waals surface area contributed by atoms with Gasteiger partial charge in [0.1, 0.15) is 0 Å². The van der Waals surface area contributed by atoms with Crippen molar-refractivity contribution in [3.63, 3.8) is 0 Å². The van der Waals surface area contributed by atoms with Crippen LogP contribution in [0.25, 0.3) is 0 Å². The highest BCUT2D eigenvalue weighted by Gasteiger charge is 2.05. The number of rotatable bonds is 4. The van der Waals surface area contributed by atoms with Gasteiger partial charge in [-0.15, -0.1) is 0 Å². The Labute approximate surface area is 105 Å². The highest BCUT2D eigenvalue weighted by molar-refractivity contribution is 9.10. The number of hydrogen-bond donors (Lipinski definition) is 0. The number of nitrogens with zero attached hydrogens (tertiary/aromatic N) is 2. The average molecular weight is 285 g/mol. The van der Waals surface area contributed by atoms with Gasteiger partial charge in [-0.2, -0.15) is 0 Å². The van der Waals surface area contributed by atoms with Crippen molar-refractivity contribution < 1.29 is 4.79 Å². The van der Waals surface area contributed by atoms with E-state index in [1.165, 1.54) is 0 Å². The van der Waals surface area contributed by atoms with Crippen LogP contribution in [0.2, 0.25) is 0 Å². The standard InChI is InChI=1S/C12H17BrN2O/c1-10(16)14(2)7-8-15(3)12-6-4-5-11(13)9-12/h4-6,9H,7-8H2,1-3H3. The monoisotopic (exact) mass is 284 g/mol. The van der Waals surface area contributed by atoms with E-state index >= 15 is 0 Å². The second-order valence-electron chi connectivity index (χ2n) is 3.84. The molecule has 0 spiro atoms. The Morgan fingerprint density at radius 2 is 2.00 bits per heavy atom. The van der Waals surface area contributed by atoms with Crippen LogP contribution in [0, 0.1) is 0 Å². The number of carbonyl (C=O) groups is 1. The minimum atomic E-state index is 0.0997. The van der Waals surface area contributed by atoms with Crippen LogP contribution < -0.4 is 4.90 Å². The first kappa shape index (κ1) is 13.0. The topological polar surface area (TPSA) is 23.6 Å². The summed E-state index contributed by atoms with van der Waals surface area (Å²) in [6.07, 6.45) is 0. The van der Waals surface area contributed by atoms with Gasteiger partial charge in [-0.05, 0) is 18.2 Å². The Balaban J connectivity index is 2.52. The zero-order valence-electron chi connectivity index (χ0n) is 9.90. The Morgan fingerprint density at radius 3 is 2.56 bits per heavy atom. The summed E-state index contributed by atoms with van der Waals surface area (Å²) in [7, 11) is 3.84. The Hall–Kier alpha value is -1.03. The lowest BCUT2D eigenvalue weighted by molar-refractivity contribution is -0.127. The minimum absolute atomic E-state index is 0.0997. The molecular formula is C12H17BrN2O. The summed E-state index contributed by atoms with van der Waals surface area (Å²) < 4.78 is 1.07. The Bertz CT molecular complexity index is 368. The van der Waals surface area contributed by atoms with Gasteiger partial charge in [0.05, 0.1) is 0 Å². The van der Waals surface area contributed by atoms with Crippen LogP contribution in [0.3, 0.4) is 0 Å². The van der Waals surface area contributed by atoms with Gasteiger partial charge in [0.15, 0.2) is 0 Å². The van der Waals surface area contributed by atoms with E-state index in [1.807, 2.05) is 26.2 Å². The first-order chi connectivity index (χ1) is 7.50. The first-order valence-corrected chi connectivity index (χ1v) is 5.98. The van der Waals surface area contributed by atoms with Crippen LogP contribution in [0.5, 0.6) is 0 Å². The summed E-state index contributed by atoms with van der Waals surface area (Å²) >= 11 is 3.44. The van der Waals surface area contributed by atoms with E-state index < -0.39 is 0 Å². The second-order valence-corrected chi connectivity index (χ2v) is 4.76. The predicted molar refractivity (Wildman–Crippen MR) is 70.7 cm³/mol. The van der Waals surface area contributed by atoms with E-state index in [0.29, 0.717) is 0 Å². The SMILES string of the molecule is CC(=O)N(C)CCN(C)c1cccc(Br)c1. The fourth-order valence-electron chi connectivity index (χ4n) is 1.30. The molecule has 88 valence electrons. The maximum Gasteiger partial charge on any atom is 0.219 e. The second kappa shape index (κ2) is 5.89. The molecule has 4 heteroatoms. The number of likely N-dealkylation sites (N-methyl/N-ethyl adjacent to an activating group) is 2. The number of amides is 1. The van der Waals surface area contributed by atoms with Crippen molar-refractivity contribution >= 4 is 27.5 Å². The smallest absolute Gasteiger partial charge is 0.219 e. The summed E-state index contributed by atoms with van der Waals surface area (Å²) in [6.45, 7) is 3.14. The van der Waals surface area contributed by atoms with Crippen LogP contribution in [-0.4, -0.2) is 38.0 Å². The molecule has 0 aliphatic carbocycles. The highest BCUT2D eigenvalue weighted by atomic mass is 79.9. The fourth-order valence-corrected chi connectivity index (χ4v) is 1.69. The molecule has 1 amide bonds. The number of anilines is 1.